The van der Waals surface area contributed by atoms with Crippen LogP contribution < -0.4 is 4.74 Å². The van der Waals surface area contributed by atoms with Crippen LogP contribution in [0.2, 0.25) is 0 Å². The number of carbonyl (C=O) groups is 2. The molecule has 3 aromatic carbocycles. The van der Waals surface area contributed by atoms with E-state index in [0.29, 0.717) is 55.4 Å². The van der Waals surface area contributed by atoms with Crippen LogP contribution in [0.4, 0.5) is 18.4 Å². The molecule has 2 aromatic heterocycles. The molecule has 2 heterocycles. The Kier molecular flexibility index (Phi) is 7.26. The van der Waals surface area contributed by atoms with Crippen molar-refractivity contribution in [2.45, 2.75) is 59.2 Å². The molecule has 10 heteroatoms. The van der Waals surface area contributed by atoms with Gasteiger partial charge < -0.3 is 14.2 Å². The van der Waals surface area contributed by atoms with Crippen LogP contribution in [0.25, 0.3) is 43.6 Å². The molecule has 0 radical (unpaired) electrons. The number of ether oxygens (including phenoxy) is 3. The molecule has 0 unspecified atom stereocenters. The van der Waals surface area contributed by atoms with Gasteiger partial charge in [0.25, 0.3) is 0 Å². The average molecular weight is 629 g/mol. The first-order valence-corrected chi connectivity index (χ1v) is 14.4. The molecular formula is C31H31BrF2N2O5. The van der Waals surface area contributed by atoms with Gasteiger partial charge in [-0.1, -0.05) is 15.9 Å². The van der Waals surface area contributed by atoms with Crippen LogP contribution >= 0.6 is 15.9 Å². The van der Waals surface area contributed by atoms with Gasteiger partial charge >= 0.3 is 12.2 Å². The molecule has 0 N–H and O–H groups in total. The van der Waals surface area contributed by atoms with Crippen LogP contribution in [-0.2, 0) is 9.47 Å². The topological polar surface area (TPSA) is 71.7 Å². The zero-order chi connectivity index (χ0) is 29.9. The molecule has 0 aliphatic heterocycles. The summed E-state index contributed by atoms with van der Waals surface area (Å²) >= 11 is 3.41. The van der Waals surface area contributed by atoms with Crippen LogP contribution in [0.1, 0.15) is 48.0 Å². The summed E-state index contributed by atoms with van der Waals surface area (Å²) in [5, 5.41) is 2.49. The molecule has 41 heavy (non-hydrogen) atoms. The van der Waals surface area contributed by atoms with Crippen molar-refractivity contribution in [3.8, 4) is 5.75 Å². The van der Waals surface area contributed by atoms with E-state index in [-0.39, 0.29) is 12.4 Å². The minimum atomic E-state index is -0.829. The fraction of sp³-hybridized carbons (Fsp3) is 0.355. The molecular weight excluding hydrogens is 598 g/mol. The number of aromatic nitrogens is 2. The van der Waals surface area contributed by atoms with E-state index in [0.717, 1.165) is 0 Å². The van der Waals surface area contributed by atoms with Gasteiger partial charge in [0.1, 0.15) is 33.9 Å². The third-order valence-electron chi connectivity index (χ3n) is 6.33. The largest absolute Gasteiger partial charge is 0.489 e. The highest BCUT2D eigenvalue weighted by Gasteiger charge is 2.31. The van der Waals surface area contributed by atoms with Gasteiger partial charge in [0, 0.05) is 26.9 Å². The third-order valence-corrected chi connectivity index (χ3v) is 6.89. The Labute approximate surface area is 244 Å². The maximum Gasteiger partial charge on any atom is 0.419 e. The zero-order valence-corrected chi connectivity index (χ0v) is 25.3. The lowest BCUT2D eigenvalue weighted by Crippen LogP contribution is -2.27. The van der Waals surface area contributed by atoms with Crippen molar-refractivity contribution in [2.24, 2.45) is 0 Å². The normalized spacial score (nSPS) is 12.5. The molecule has 0 aliphatic carbocycles. The van der Waals surface area contributed by atoms with E-state index < -0.39 is 35.0 Å². The van der Waals surface area contributed by atoms with Crippen LogP contribution in [0.5, 0.6) is 5.75 Å². The summed E-state index contributed by atoms with van der Waals surface area (Å²) < 4.78 is 49.8. The highest BCUT2D eigenvalue weighted by molar-refractivity contribution is 9.09. The molecule has 0 atom stereocenters. The average Bonchev–Trinajstić information content (AvgIpc) is 3.34. The van der Waals surface area contributed by atoms with Gasteiger partial charge in [-0.3, -0.25) is 0 Å². The van der Waals surface area contributed by atoms with E-state index in [9.17, 15) is 18.4 Å². The number of hydrogen-bond acceptors (Lipinski definition) is 5. The van der Waals surface area contributed by atoms with Gasteiger partial charge in [-0.05, 0) is 90.4 Å². The Morgan fingerprint density at radius 3 is 1.56 bits per heavy atom. The van der Waals surface area contributed by atoms with Gasteiger partial charge in [-0.2, -0.15) is 0 Å². The van der Waals surface area contributed by atoms with Crippen molar-refractivity contribution in [3.63, 3.8) is 0 Å². The molecule has 7 nitrogen and oxygen atoms in total. The second-order valence-electron chi connectivity index (χ2n) is 11.8. The van der Waals surface area contributed by atoms with Crippen LogP contribution in [-0.4, -0.2) is 44.5 Å². The number of halogens is 3. The summed E-state index contributed by atoms with van der Waals surface area (Å²) in [6.07, 6.45) is -0.778. The first-order valence-electron chi connectivity index (χ1n) is 13.3. The number of rotatable bonds is 4. The number of alkyl halides is 1. The smallest absolute Gasteiger partial charge is 0.419 e. The molecule has 0 spiro atoms. The molecule has 0 aliphatic rings. The number of nitrogens with zero attached hydrogens (tertiary/aromatic N) is 2. The lowest BCUT2D eigenvalue weighted by molar-refractivity contribution is 0.0541. The summed E-state index contributed by atoms with van der Waals surface area (Å²) in [5.41, 5.74) is -0.264. The Morgan fingerprint density at radius 2 is 1.17 bits per heavy atom. The van der Waals surface area contributed by atoms with Crippen LogP contribution in [0.15, 0.2) is 42.5 Å². The van der Waals surface area contributed by atoms with Crippen molar-refractivity contribution >= 4 is 71.7 Å². The molecule has 0 saturated carbocycles. The molecule has 0 bridgehead atoms. The molecule has 216 valence electrons. The second-order valence-corrected chi connectivity index (χ2v) is 12.6. The number of carbonyl (C=O) groups excluding carboxylic acids is 2. The summed E-state index contributed by atoms with van der Waals surface area (Å²) in [6.45, 7) is 10.7. The molecule has 0 amide bonds. The molecule has 0 saturated heterocycles. The molecule has 5 rings (SSSR count). The third kappa shape index (κ3) is 5.37. The monoisotopic (exact) mass is 628 g/mol. The Hall–Kier alpha value is -3.66. The predicted molar refractivity (Wildman–Crippen MR) is 160 cm³/mol. The Balaban J connectivity index is 2.01. The molecule has 0 fully saturated rings. The van der Waals surface area contributed by atoms with Gasteiger partial charge in [0.05, 0.1) is 17.6 Å². The van der Waals surface area contributed by atoms with Crippen molar-refractivity contribution in [1.82, 2.24) is 9.13 Å². The molecule has 5 aromatic rings. The summed E-state index contributed by atoms with van der Waals surface area (Å²) in [7, 11) is 0. The number of benzene rings is 3. The summed E-state index contributed by atoms with van der Waals surface area (Å²) in [5.74, 6) is -0.793. The van der Waals surface area contributed by atoms with E-state index in [1.54, 1.807) is 47.6 Å². The fourth-order valence-electron chi connectivity index (χ4n) is 4.93. The highest BCUT2D eigenvalue weighted by atomic mass is 79.9. The van der Waals surface area contributed by atoms with E-state index in [1.807, 2.05) is 0 Å². The zero-order valence-electron chi connectivity index (χ0n) is 23.7. The minimum absolute atomic E-state index is 0.198. The second kappa shape index (κ2) is 10.3. The van der Waals surface area contributed by atoms with E-state index in [4.69, 9.17) is 14.2 Å². The van der Waals surface area contributed by atoms with Crippen molar-refractivity contribution in [1.29, 1.82) is 0 Å². The highest BCUT2D eigenvalue weighted by Crippen LogP contribution is 2.45. The van der Waals surface area contributed by atoms with Crippen molar-refractivity contribution in [2.75, 3.05) is 11.9 Å². The van der Waals surface area contributed by atoms with E-state index in [2.05, 4.69) is 15.9 Å². The first-order chi connectivity index (χ1) is 19.2. The van der Waals surface area contributed by atoms with Crippen LogP contribution in [0, 0.1) is 11.6 Å². The lowest BCUT2D eigenvalue weighted by Gasteiger charge is -2.22. The van der Waals surface area contributed by atoms with E-state index in [1.165, 1.54) is 45.5 Å². The predicted octanol–water partition coefficient (Wildman–Crippen LogP) is 8.91. The first kappa shape index (κ1) is 28.9. The maximum atomic E-state index is 14.6. The minimum Gasteiger partial charge on any atom is -0.489 e. The summed E-state index contributed by atoms with van der Waals surface area (Å²) in [6, 6.07) is 9.92. The van der Waals surface area contributed by atoms with Crippen LogP contribution in [0.3, 0.4) is 0 Å². The van der Waals surface area contributed by atoms with Crippen molar-refractivity contribution in [3.05, 3.63) is 54.1 Å². The Bertz CT molecular complexity index is 1720. The van der Waals surface area contributed by atoms with Gasteiger partial charge in [0.2, 0.25) is 0 Å². The standard InChI is InChI=1S/C31H31BrF2N2O5/c1-30(2,3)40-28(37)35-23-10-8-17(33)14-19(23)21-16-22-20-15-18(34)9-11-24(20)36(29(38)41-31(4,5)6)26(22)27(25(21)35)39-13-7-12-32/h8-11,14-16H,7,12-13H2,1-6H3. The Morgan fingerprint density at radius 1 is 0.732 bits per heavy atom. The lowest BCUT2D eigenvalue weighted by atomic mass is 10.1. The van der Waals surface area contributed by atoms with Gasteiger partial charge in [-0.15, -0.1) is 0 Å². The van der Waals surface area contributed by atoms with E-state index >= 15 is 0 Å². The quantitative estimate of drug-likeness (QED) is 0.147. The SMILES string of the molecule is CC(C)(C)OC(=O)n1c2ccc(F)cc2c2cc3c4cc(F)ccc4n(C(=O)OC(C)(C)C)c3c(OCCCBr)c21. The maximum absolute atomic E-state index is 14.6. The fourth-order valence-corrected chi connectivity index (χ4v) is 5.16. The number of hydrogen-bond donors (Lipinski definition) is 0. The summed E-state index contributed by atoms with van der Waals surface area (Å²) in [4.78, 5) is 27.4. The van der Waals surface area contributed by atoms with Crippen molar-refractivity contribution < 1.29 is 32.6 Å². The number of fused-ring (bicyclic) bond motifs is 6. The van der Waals surface area contributed by atoms with Gasteiger partial charge in [-0.25, -0.2) is 27.5 Å². The van der Waals surface area contributed by atoms with Gasteiger partial charge in [0.15, 0.2) is 5.75 Å².